The maximum atomic E-state index is 11.3. The maximum Gasteiger partial charge on any atom is 0.304 e. The molecule has 0 aromatic carbocycles. The van der Waals surface area contributed by atoms with Crippen molar-refractivity contribution in [2.24, 2.45) is 11.8 Å². The van der Waals surface area contributed by atoms with Crippen LogP contribution in [0.15, 0.2) is 6.07 Å². The summed E-state index contributed by atoms with van der Waals surface area (Å²) in [5.74, 6) is 1.21. The van der Waals surface area contributed by atoms with Gasteiger partial charge in [-0.3, -0.25) is 14.9 Å². The Bertz CT molecular complexity index is 498. The van der Waals surface area contributed by atoms with Crippen molar-refractivity contribution in [2.45, 2.75) is 20.3 Å². The molecule has 0 N–H and O–H groups in total. The number of nitro groups is 1. The van der Waals surface area contributed by atoms with Crippen molar-refractivity contribution in [3.8, 4) is 0 Å². The molecule has 2 unspecified atom stereocenters. The minimum atomic E-state index is -0.412. The van der Waals surface area contributed by atoms with E-state index in [1.165, 1.54) is 30.7 Å². The molecule has 1 aromatic rings. The molecule has 0 aliphatic heterocycles. The van der Waals surface area contributed by atoms with E-state index in [1.807, 2.05) is 11.9 Å². The number of Topliss-reactive ketones (excluding diaryl/α,β-unsaturated/α-hetero) is 1. The third-order valence-corrected chi connectivity index (χ3v) is 4.71. The van der Waals surface area contributed by atoms with E-state index >= 15 is 0 Å². The zero-order chi connectivity index (χ0) is 13.4. The van der Waals surface area contributed by atoms with Gasteiger partial charge in [0, 0.05) is 19.7 Å². The second-order valence-electron chi connectivity index (χ2n) is 4.97. The van der Waals surface area contributed by atoms with Crippen molar-refractivity contribution in [3.05, 3.63) is 21.1 Å². The highest BCUT2D eigenvalue weighted by atomic mass is 32.1. The Morgan fingerprint density at radius 1 is 1.67 bits per heavy atom. The molecule has 1 saturated carbocycles. The summed E-state index contributed by atoms with van der Waals surface area (Å²) in [6.07, 6.45) is 1.18. The SMILES string of the molecule is CC(=O)c1cc([N+](=O)[O-])c(N(C)CC2CC2C)s1. The van der Waals surface area contributed by atoms with E-state index in [2.05, 4.69) is 6.92 Å². The van der Waals surface area contributed by atoms with Crippen molar-refractivity contribution >= 4 is 27.8 Å². The molecule has 0 saturated heterocycles. The van der Waals surface area contributed by atoms with Crippen LogP contribution < -0.4 is 4.90 Å². The normalized spacial score (nSPS) is 21.7. The zero-order valence-corrected chi connectivity index (χ0v) is 11.5. The molecule has 0 bridgehead atoms. The molecular formula is C12H16N2O3S. The lowest BCUT2D eigenvalue weighted by molar-refractivity contribution is -0.383. The van der Waals surface area contributed by atoms with Crippen molar-refractivity contribution in [1.82, 2.24) is 0 Å². The first-order valence-corrected chi connectivity index (χ1v) is 6.72. The van der Waals surface area contributed by atoms with E-state index in [-0.39, 0.29) is 11.5 Å². The highest BCUT2D eigenvalue weighted by Crippen LogP contribution is 2.42. The average molecular weight is 268 g/mol. The Kier molecular flexibility index (Phi) is 3.38. The van der Waals surface area contributed by atoms with Gasteiger partial charge in [-0.25, -0.2) is 0 Å². The molecule has 5 nitrogen and oxygen atoms in total. The number of ketones is 1. The molecule has 2 rings (SSSR count). The van der Waals surface area contributed by atoms with Gasteiger partial charge < -0.3 is 4.90 Å². The molecule has 1 aromatic heterocycles. The highest BCUT2D eigenvalue weighted by molar-refractivity contribution is 7.18. The summed E-state index contributed by atoms with van der Waals surface area (Å²) in [5, 5.41) is 11.6. The van der Waals surface area contributed by atoms with Crippen molar-refractivity contribution < 1.29 is 9.72 Å². The predicted octanol–water partition coefficient (Wildman–Crippen LogP) is 2.95. The molecule has 1 aliphatic carbocycles. The molecule has 6 heteroatoms. The number of hydrogen-bond acceptors (Lipinski definition) is 5. The molecule has 2 atom stereocenters. The van der Waals surface area contributed by atoms with Crippen molar-refractivity contribution in [2.75, 3.05) is 18.5 Å². The van der Waals surface area contributed by atoms with Crippen LogP contribution in [0, 0.1) is 22.0 Å². The maximum absolute atomic E-state index is 11.3. The van der Waals surface area contributed by atoms with Gasteiger partial charge in [-0.1, -0.05) is 6.92 Å². The Morgan fingerprint density at radius 2 is 2.28 bits per heavy atom. The van der Waals surface area contributed by atoms with Crippen LogP contribution in [0.4, 0.5) is 10.7 Å². The van der Waals surface area contributed by atoms with Gasteiger partial charge in [0.15, 0.2) is 10.8 Å². The van der Waals surface area contributed by atoms with E-state index < -0.39 is 4.92 Å². The summed E-state index contributed by atoms with van der Waals surface area (Å²) in [4.78, 5) is 24.3. The van der Waals surface area contributed by atoms with Crippen LogP contribution in [0.5, 0.6) is 0 Å². The molecule has 98 valence electrons. The molecule has 1 fully saturated rings. The first-order chi connectivity index (χ1) is 8.40. The summed E-state index contributed by atoms with van der Waals surface area (Å²) in [5.41, 5.74) is 0.0426. The van der Waals surface area contributed by atoms with Crippen LogP contribution in [0.1, 0.15) is 29.9 Å². The summed E-state index contributed by atoms with van der Waals surface area (Å²) in [6.45, 7) is 4.44. The highest BCUT2D eigenvalue weighted by Gasteiger charge is 2.35. The summed E-state index contributed by atoms with van der Waals surface area (Å²) < 4.78 is 0. The minimum Gasteiger partial charge on any atom is -0.361 e. The van der Waals surface area contributed by atoms with Gasteiger partial charge in [0.2, 0.25) is 0 Å². The van der Waals surface area contributed by atoms with Crippen LogP contribution in [0.3, 0.4) is 0 Å². The Balaban J connectivity index is 2.24. The van der Waals surface area contributed by atoms with Crippen LogP contribution in [0.25, 0.3) is 0 Å². The molecular weight excluding hydrogens is 252 g/mol. The van der Waals surface area contributed by atoms with Crippen LogP contribution in [0.2, 0.25) is 0 Å². The van der Waals surface area contributed by atoms with E-state index in [0.29, 0.717) is 21.7 Å². The fourth-order valence-electron chi connectivity index (χ4n) is 2.04. The second-order valence-corrected chi connectivity index (χ2v) is 6.00. The molecule has 0 radical (unpaired) electrons. The standard InChI is InChI=1S/C12H16N2O3S/c1-7-4-9(7)6-13(3)12-10(14(16)17)5-11(18-12)8(2)15/h5,7,9H,4,6H2,1-3H3. The van der Waals surface area contributed by atoms with Crippen LogP contribution in [-0.4, -0.2) is 24.3 Å². The lowest BCUT2D eigenvalue weighted by Gasteiger charge is -2.16. The lowest BCUT2D eigenvalue weighted by Crippen LogP contribution is -2.20. The summed E-state index contributed by atoms with van der Waals surface area (Å²) >= 11 is 1.21. The number of nitrogens with zero attached hydrogens (tertiary/aromatic N) is 2. The van der Waals surface area contributed by atoms with Gasteiger partial charge in [0.1, 0.15) is 0 Å². The number of carbonyl (C=O) groups is 1. The van der Waals surface area contributed by atoms with Gasteiger partial charge in [-0.15, -0.1) is 11.3 Å². The zero-order valence-electron chi connectivity index (χ0n) is 10.7. The van der Waals surface area contributed by atoms with E-state index in [0.717, 1.165) is 6.54 Å². The van der Waals surface area contributed by atoms with Gasteiger partial charge in [0.25, 0.3) is 0 Å². The minimum absolute atomic E-state index is 0.0426. The van der Waals surface area contributed by atoms with Gasteiger partial charge in [0.05, 0.1) is 9.80 Å². The second kappa shape index (κ2) is 4.68. The predicted molar refractivity (Wildman–Crippen MR) is 71.5 cm³/mol. The van der Waals surface area contributed by atoms with E-state index in [4.69, 9.17) is 0 Å². The third-order valence-electron chi connectivity index (χ3n) is 3.37. The first-order valence-electron chi connectivity index (χ1n) is 5.90. The topological polar surface area (TPSA) is 63.4 Å². The van der Waals surface area contributed by atoms with Gasteiger partial charge in [-0.05, 0) is 25.2 Å². The average Bonchev–Trinajstić information content (AvgIpc) is 2.82. The Morgan fingerprint density at radius 3 is 2.72 bits per heavy atom. The monoisotopic (exact) mass is 268 g/mol. The number of rotatable bonds is 5. The number of anilines is 1. The molecule has 0 amide bonds. The smallest absolute Gasteiger partial charge is 0.304 e. The van der Waals surface area contributed by atoms with E-state index in [9.17, 15) is 14.9 Å². The number of hydrogen-bond donors (Lipinski definition) is 0. The lowest BCUT2D eigenvalue weighted by atomic mass is 10.3. The third kappa shape index (κ3) is 2.53. The van der Waals surface area contributed by atoms with Crippen LogP contribution in [-0.2, 0) is 0 Å². The fraction of sp³-hybridized carbons (Fsp3) is 0.583. The van der Waals surface area contributed by atoms with Gasteiger partial charge >= 0.3 is 5.69 Å². The quantitative estimate of drug-likeness (QED) is 0.468. The number of carbonyl (C=O) groups excluding carboxylic acids is 1. The molecule has 1 heterocycles. The van der Waals surface area contributed by atoms with Crippen molar-refractivity contribution in [1.29, 1.82) is 0 Å². The largest absolute Gasteiger partial charge is 0.361 e. The Hall–Kier alpha value is -1.43. The van der Waals surface area contributed by atoms with Crippen LogP contribution >= 0.6 is 11.3 Å². The summed E-state index contributed by atoms with van der Waals surface area (Å²) in [7, 11) is 1.85. The number of thiophene rings is 1. The molecule has 0 spiro atoms. The molecule has 1 aliphatic rings. The Labute approximate surface area is 110 Å². The fourth-order valence-corrected chi connectivity index (χ4v) is 3.03. The van der Waals surface area contributed by atoms with E-state index in [1.54, 1.807) is 0 Å². The van der Waals surface area contributed by atoms with Gasteiger partial charge in [-0.2, -0.15) is 0 Å². The molecule has 18 heavy (non-hydrogen) atoms. The van der Waals surface area contributed by atoms with Crippen molar-refractivity contribution in [3.63, 3.8) is 0 Å². The summed E-state index contributed by atoms with van der Waals surface area (Å²) in [6, 6.07) is 1.38. The first kappa shape index (κ1) is 13.0.